The van der Waals surface area contributed by atoms with Crippen LogP contribution in [0, 0.1) is 0 Å². The van der Waals surface area contributed by atoms with E-state index in [2.05, 4.69) is 15.2 Å². The summed E-state index contributed by atoms with van der Waals surface area (Å²) in [6.45, 7) is 3.46. The fourth-order valence-corrected chi connectivity index (χ4v) is 3.16. The lowest BCUT2D eigenvalue weighted by Crippen LogP contribution is -2.43. The second kappa shape index (κ2) is 8.76. The van der Waals surface area contributed by atoms with Gasteiger partial charge in [0.25, 0.3) is 11.5 Å². The monoisotopic (exact) mass is 384 g/mol. The molecule has 3 rings (SSSR count). The van der Waals surface area contributed by atoms with Gasteiger partial charge in [-0.05, 0) is 0 Å². The quantitative estimate of drug-likeness (QED) is 0.413. The molecule has 11 nitrogen and oxygen atoms in total. The average Bonchev–Trinajstić information content (AvgIpc) is 3.03. The van der Waals surface area contributed by atoms with E-state index >= 15 is 0 Å². The number of rotatable bonds is 6. The van der Waals surface area contributed by atoms with E-state index in [4.69, 9.17) is 14.6 Å². The molecule has 1 aromatic rings. The van der Waals surface area contributed by atoms with Gasteiger partial charge in [0, 0.05) is 38.8 Å². The standard InChI is InChI=1S/C16H24N4O7/c21-9-12-11(22)7-13(27-12)20-8-10(15(24)18-16(20)25)14(23)17-1-2-19-3-5-26-6-4-19/h8,11-13,21-22H,1-7,9H2,(H,17,23)(H,18,24,25)/t11?,12-,13-/m1/s1. The molecule has 2 aliphatic rings. The van der Waals surface area contributed by atoms with E-state index < -0.39 is 42.2 Å². The molecule has 0 bridgehead atoms. The Kier molecular flexibility index (Phi) is 6.39. The first-order valence-corrected chi connectivity index (χ1v) is 8.87. The Bertz CT molecular complexity index is 771. The molecule has 0 spiro atoms. The summed E-state index contributed by atoms with van der Waals surface area (Å²) < 4.78 is 11.7. The largest absolute Gasteiger partial charge is 0.394 e. The van der Waals surface area contributed by atoms with Crippen molar-refractivity contribution >= 4 is 5.91 Å². The molecule has 150 valence electrons. The van der Waals surface area contributed by atoms with E-state index in [9.17, 15) is 19.5 Å². The number of amides is 1. The van der Waals surface area contributed by atoms with Gasteiger partial charge in [0.2, 0.25) is 0 Å². The fraction of sp³-hybridized carbons (Fsp3) is 0.688. The van der Waals surface area contributed by atoms with Crippen LogP contribution >= 0.6 is 0 Å². The van der Waals surface area contributed by atoms with Crippen molar-refractivity contribution in [2.45, 2.75) is 24.9 Å². The topological polar surface area (TPSA) is 146 Å². The SMILES string of the molecule is O=C(NCCN1CCOCC1)c1cn([C@H]2CC(O)[C@@H](CO)O2)c(=O)[nH]c1=O. The highest BCUT2D eigenvalue weighted by atomic mass is 16.5. The Balaban J connectivity index is 1.67. The first-order chi connectivity index (χ1) is 13.0. The van der Waals surface area contributed by atoms with Crippen LogP contribution < -0.4 is 16.6 Å². The Morgan fingerprint density at radius 3 is 2.74 bits per heavy atom. The van der Waals surface area contributed by atoms with E-state index in [1.165, 1.54) is 0 Å². The fourth-order valence-electron chi connectivity index (χ4n) is 3.16. The number of H-pyrrole nitrogens is 1. The van der Waals surface area contributed by atoms with Gasteiger partial charge in [-0.2, -0.15) is 0 Å². The van der Waals surface area contributed by atoms with Gasteiger partial charge in [-0.25, -0.2) is 4.79 Å². The van der Waals surface area contributed by atoms with Crippen LogP contribution in [0.15, 0.2) is 15.8 Å². The zero-order chi connectivity index (χ0) is 19.4. The number of carbonyl (C=O) groups excluding carboxylic acids is 1. The zero-order valence-electron chi connectivity index (χ0n) is 14.8. The molecular formula is C16H24N4O7. The van der Waals surface area contributed by atoms with Gasteiger partial charge < -0.3 is 25.0 Å². The molecule has 0 radical (unpaired) electrons. The molecule has 0 aliphatic carbocycles. The van der Waals surface area contributed by atoms with Crippen molar-refractivity contribution in [2.75, 3.05) is 46.0 Å². The van der Waals surface area contributed by atoms with E-state index in [-0.39, 0.29) is 12.0 Å². The van der Waals surface area contributed by atoms with E-state index in [0.717, 1.165) is 23.9 Å². The maximum Gasteiger partial charge on any atom is 0.330 e. The molecule has 27 heavy (non-hydrogen) atoms. The molecule has 0 saturated carbocycles. The molecule has 1 unspecified atom stereocenters. The number of ether oxygens (including phenoxy) is 2. The number of carbonyl (C=O) groups is 1. The van der Waals surface area contributed by atoms with Crippen molar-refractivity contribution in [2.24, 2.45) is 0 Å². The van der Waals surface area contributed by atoms with Gasteiger partial charge in [-0.1, -0.05) is 0 Å². The number of nitrogens with one attached hydrogen (secondary N) is 2. The normalized spacial score (nSPS) is 26.2. The van der Waals surface area contributed by atoms with Gasteiger partial charge in [0.05, 0.1) is 25.9 Å². The number of aromatic amines is 1. The van der Waals surface area contributed by atoms with Crippen molar-refractivity contribution in [3.05, 3.63) is 32.6 Å². The third kappa shape index (κ3) is 4.62. The van der Waals surface area contributed by atoms with Gasteiger partial charge in [-0.3, -0.25) is 24.0 Å². The Hall–Kier alpha value is -2.05. The maximum absolute atomic E-state index is 12.4. The summed E-state index contributed by atoms with van der Waals surface area (Å²) in [4.78, 5) is 40.6. The highest BCUT2D eigenvalue weighted by Gasteiger charge is 2.35. The van der Waals surface area contributed by atoms with E-state index in [1.54, 1.807) is 0 Å². The Morgan fingerprint density at radius 2 is 2.07 bits per heavy atom. The minimum Gasteiger partial charge on any atom is -0.394 e. The van der Waals surface area contributed by atoms with Crippen molar-refractivity contribution in [1.82, 2.24) is 19.8 Å². The highest BCUT2D eigenvalue weighted by Crippen LogP contribution is 2.27. The second-order valence-corrected chi connectivity index (χ2v) is 6.53. The number of morpholine rings is 1. The van der Waals surface area contributed by atoms with Crippen LogP contribution in [0.1, 0.15) is 23.0 Å². The van der Waals surface area contributed by atoms with E-state index in [1.807, 2.05) is 0 Å². The number of aliphatic hydroxyl groups excluding tert-OH is 2. The third-order valence-corrected chi connectivity index (χ3v) is 4.72. The van der Waals surface area contributed by atoms with Crippen molar-refractivity contribution in [1.29, 1.82) is 0 Å². The number of hydrogen-bond acceptors (Lipinski definition) is 8. The minimum atomic E-state index is -0.940. The summed E-state index contributed by atoms with van der Waals surface area (Å²) >= 11 is 0. The molecular weight excluding hydrogens is 360 g/mol. The Labute approximate surface area is 154 Å². The molecule has 2 fully saturated rings. The lowest BCUT2D eigenvalue weighted by molar-refractivity contribution is -0.0459. The molecule has 2 saturated heterocycles. The second-order valence-electron chi connectivity index (χ2n) is 6.53. The molecule has 4 N–H and O–H groups in total. The van der Waals surface area contributed by atoms with Crippen molar-refractivity contribution in [3.8, 4) is 0 Å². The molecule has 1 aromatic heterocycles. The smallest absolute Gasteiger partial charge is 0.330 e. The number of aliphatic hydroxyl groups is 2. The predicted octanol–water partition coefficient (Wildman–Crippen LogP) is -2.76. The molecule has 3 atom stereocenters. The molecule has 11 heteroatoms. The average molecular weight is 384 g/mol. The van der Waals surface area contributed by atoms with Gasteiger partial charge in [-0.15, -0.1) is 0 Å². The molecule has 1 amide bonds. The van der Waals surface area contributed by atoms with Gasteiger partial charge >= 0.3 is 5.69 Å². The van der Waals surface area contributed by atoms with Crippen LogP contribution in [-0.4, -0.2) is 88.8 Å². The third-order valence-electron chi connectivity index (χ3n) is 4.72. The summed E-state index contributed by atoms with van der Waals surface area (Å²) in [7, 11) is 0. The van der Waals surface area contributed by atoms with E-state index in [0.29, 0.717) is 26.3 Å². The van der Waals surface area contributed by atoms with Crippen molar-refractivity contribution < 1.29 is 24.5 Å². The Morgan fingerprint density at radius 1 is 1.33 bits per heavy atom. The minimum absolute atomic E-state index is 0.0647. The maximum atomic E-state index is 12.4. The van der Waals surface area contributed by atoms with Crippen LogP contribution in [-0.2, 0) is 9.47 Å². The number of nitrogens with zero attached hydrogens (tertiary/aromatic N) is 2. The molecule has 2 aliphatic heterocycles. The van der Waals surface area contributed by atoms with Crippen LogP contribution in [0.25, 0.3) is 0 Å². The number of hydrogen-bond donors (Lipinski definition) is 4. The van der Waals surface area contributed by atoms with Gasteiger partial charge in [0.1, 0.15) is 17.9 Å². The molecule has 0 aromatic carbocycles. The van der Waals surface area contributed by atoms with Crippen LogP contribution in [0.5, 0.6) is 0 Å². The lowest BCUT2D eigenvalue weighted by atomic mass is 10.2. The van der Waals surface area contributed by atoms with Crippen LogP contribution in [0.3, 0.4) is 0 Å². The lowest BCUT2D eigenvalue weighted by Gasteiger charge is -2.26. The summed E-state index contributed by atoms with van der Waals surface area (Å²) in [5, 5.41) is 21.6. The summed E-state index contributed by atoms with van der Waals surface area (Å²) in [5.41, 5.74) is -1.76. The van der Waals surface area contributed by atoms with Gasteiger partial charge in [0.15, 0.2) is 0 Å². The summed E-state index contributed by atoms with van der Waals surface area (Å²) in [5.74, 6) is -0.601. The predicted molar refractivity (Wildman–Crippen MR) is 92.5 cm³/mol. The first-order valence-electron chi connectivity index (χ1n) is 8.87. The summed E-state index contributed by atoms with van der Waals surface area (Å²) in [6, 6.07) is 0. The summed E-state index contributed by atoms with van der Waals surface area (Å²) in [6.07, 6.45) is -1.44. The first kappa shape index (κ1) is 19.7. The van der Waals surface area contributed by atoms with Crippen LogP contribution in [0.2, 0.25) is 0 Å². The van der Waals surface area contributed by atoms with Crippen LogP contribution in [0.4, 0.5) is 0 Å². The molecule has 3 heterocycles. The highest BCUT2D eigenvalue weighted by molar-refractivity contribution is 5.93. The van der Waals surface area contributed by atoms with Crippen molar-refractivity contribution in [3.63, 3.8) is 0 Å². The zero-order valence-corrected chi connectivity index (χ0v) is 14.8. The number of aromatic nitrogens is 2.